The van der Waals surface area contributed by atoms with Crippen LogP contribution < -0.4 is 5.73 Å². The molecule has 3 rings (SSSR count). The fraction of sp³-hybridized carbons (Fsp3) is 1.00. The second-order valence-electron chi connectivity index (χ2n) is 7.56. The third-order valence-corrected chi connectivity index (χ3v) is 6.32. The van der Waals surface area contributed by atoms with Gasteiger partial charge in [0.25, 0.3) is 0 Å². The average molecular weight is 249 g/mol. The summed E-state index contributed by atoms with van der Waals surface area (Å²) >= 11 is 0. The average Bonchev–Trinajstić information content (AvgIpc) is 3.23. The van der Waals surface area contributed by atoms with Crippen molar-refractivity contribution in [2.45, 2.75) is 83.1 Å². The Hall–Kier alpha value is -0.0400. The molecule has 0 radical (unpaired) electrons. The molecule has 3 aliphatic carbocycles. The molecule has 0 aliphatic heterocycles. The van der Waals surface area contributed by atoms with Crippen molar-refractivity contribution >= 4 is 0 Å². The van der Waals surface area contributed by atoms with Crippen molar-refractivity contribution in [1.29, 1.82) is 0 Å². The third-order valence-electron chi connectivity index (χ3n) is 6.32. The second-order valence-corrected chi connectivity index (χ2v) is 7.56. The zero-order chi connectivity index (χ0) is 12.6. The predicted molar refractivity (Wildman–Crippen MR) is 77.3 cm³/mol. The van der Waals surface area contributed by atoms with Crippen LogP contribution in [-0.4, -0.2) is 5.54 Å². The molecule has 0 bridgehead atoms. The van der Waals surface area contributed by atoms with Crippen LogP contribution in [0.4, 0.5) is 0 Å². The molecule has 4 unspecified atom stereocenters. The van der Waals surface area contributed by atoms with Gasteiger partial charge >= 0.3 is 0 Å². The molecule has 3 saturated carbocycles. The van der Waals surface area contributed by atoms with Gasteiger partial charge in [-0.25, -0.2) is 0 Å². The predicted octanol–water partition coefficient (Wildman–Crippen LogP) is 4.50. The van der Waals surface area contributed by atoms with Gasteiger partial charge in [0.2, 0.25) is 0 Å². The van der Waals surface area contributed by atoms with Gasteiger partial charge in [-0.2, -0.15) is 0 Å². The molecule has 1 heteroatoms. The molecule has 4 atom stereocenters. The maximum atomic E-state index is 6.91. The van der Waals surface area contributed by atoms with Gasteiger partial charge in [0.1, 0.15) is 0 Å². The normalized spacial score (nSPS) is 46.0. The molecular formula is C17H31N. The van der Waals surface area contributed by atoms with Gasteiger partial charge < -0.3 is 5.73 Å². The lowest BCUT2D eigenvalue weighted by Crippen LogP contribution is -2.52. The van der Waals surface area contributed by atoms with Crippen LogP contribution >= 0.6 is 0 Å². The Labute approximate surface area is 113 Å². The largest absolute Gasteiger partial charge is 0.325 e. The van der Waals surface area contributed by atoms with Crippen molar-refractivity contribution < 1.29 is 0 Å². The van der Waals surface area contributed by atoms with Crippen LogP contribution in [-0.2, 0) is 0 Å². The van der Waals surface area contributed by atoms with E-state index in [0.29, 0.717) is 0 Å². The summed E-state index contributed by atoms with van der Waals surface area (Å²) < 4.78 is 0. The molecule has 0 aromatic heterocycles. The van der Waals surface area contributed by atoms with E-state index in [1.807, 2.05) is 0 Å². The highest BCUT2D eigenvalue weighted by Gasteiger charge is 2.44. The molecule has 0 amide bonds. The first-order chi connectivity index (χ1) is 8.71. The lowest BCUT2D eigenvalue weighted by Gasteiger charge is -2.47. The van der Waals surface area contributed by atoms with E-state index in [-0.39, 0.29) is 5.54 Å². The zero-order valence-electron chi connectivity index (χ0n) is 12.2. The summed E-state index contributed by atoms with van der Waals surface area (Å²) in [6.45, 7) is 2.37. The Kier molecular flexibility index (Phi) is 3.71. The van der Waals surface area contributed by atoms with E-state index in [2.05, 4.69) is 6.92 Å². The molecule has 2 N–H and O–H groups in total. The molecule has 0 aromatic rings. The standard InChI is InChI=1S/C17H31N/c1-2-13-5-3-7-16(11-13)17(18)10-4-6-15(12-17)14-8-9-14/h13-16H,2-12,18H2,1H3. The summed E-state index contributed by atoms with van der Waals surface area (Å²) in [5.41, 5.74) is 7.13. The Balaban J connectivity index is 1.64. The first-order valence-electron chi connectivity index (χ1n) is 8.50. The molecular weight excluding hydrogens is 218 g/mol. The Bertz CT molecular complexity index is 283. The van der Waals surface area contributed by atoms with Gasteiger partial charge in [-0.15, -0.1) is 0 Å². The molecule has 104 valence electrons. The van der Waals surface area contributed by atoms with Crippen LogP contribution in [0.5, 0.6) is 0 Å². The van der Waals surface area contributed by atoms with E-state index in [1.54, 1.807) is 0 Å². The van der Waals surface area contributed by atoms with Crippen LogP contribution in [0.2, 0.25) is 0 Å². The summed E-state index contributed by atoms with van der Waals surface area (Å²) in [5.74, 6) is 3.88. The van der Waals surface area contributed by atoms with E-state index in [4.69, 9.17) is 5.73 Å². The highest BCUT2D eigenvalue weighted by Crippen LogP contribution is 2.50. The Morgan fingerprint density at radius 3 is 2.56 bits per heavy atom. The number of hydrogen-bond acceptors (Lipinski definition) is 1. The topological polar surface area (TPSA) is 26.0 Å². The molecule has 3 fully saturated rings. The third kappa shape index (κ3) is 2.61. The first kappa shape index (κ1) is 13.0. The smallest absolute Gasteiger partial charge is 0.0185 e. The number of nitrogens with two attached hydrogens (primary N) is 1. The summed E-state index contributed by atoms with van der Waals surface area (Å²) in [7, 11) is 0. The highest BCUT2D eigenvalue weighted by molar-refractivity contribution is 5.00. The molecule has 0 saturated heterocycles. The summed E-state index contributed by atoms with van der Waals surface area (Å²) in [6, 6.07) is 0. The number of hydrogen-bond donors (Lipinski definition) is 1. The quantitative estimate of drug-likeness (QED) is 0.783. The summed E-state index contributed by atoms with van der Waals surface area (Å²) in [6.07, 6.45) is 15.7. The van der Waals surface area contributed by atoms with Crippen molar-refractivity contribution in [1.82, 2.24) is 0 Å². The molecule has 0 heterocycles. The lowest BCUT2D eigenvalue weighted by atomic mass is 9.63. The van der Waals surface area contributed by atoms with Gasteiger partial charge in [0, 0.05) is 5.54 Å². The Morgan fingerprint density at radius 2 is 1.83 bits per heavy atom. The van der Waals surface area contributed by atoms with Crippen molar-refractivity contribution in [2.24, 2.45) is 29.4 Å². The van der Waals surface area contributed by atoms with E-state index in [0.717, 1.165) is 23.7 Å². The fourth-order valence-electron chi connectivity index (χ4n) is 4.91. The minimum Gasteiger partial charge on any atom is -0.325 e. The van der Waals surface area contributed by atoms with Gasteiger partial charge in [-0.05, 0) is 62.2 Å². The second kappa shape index (κ2) is 5.15. The van der Waals surface area contributed by atoms with Crippen LogP contribution in [0.25, 0.3) is 0 Å². The van der Waals surface area contributed by atoms with Crippen LogP contribution in [0.15, 0.2) is 0 Å². The van der Waals surface area contributed by atoms with Crippen molar-refractivity contribution in [3.05, 3.63) is 0 Å². The van der Waals surface area contributed by atoms with Crippen molar-refractivity contribution in [2.75, 3.05) is 0 Å². The first-order valence-corrected chi connectivity index (χ1v) is 8.50. The zero-order valence-corrected chi connectivity index (χ0v) is 12.2. The molecule has 0 aromatic carbocycles. The van der Waals surface area contributed by atoms with Crippen molar-refractivity contribution in [3.63, 3.8) is 0 Å². The van der Waals surface area contributed by atoms with Gasteiger partial charge in [0.15, 0.2) is 0 Å². The van der Waals surface area contributed by atoms with E-state index in [1.165, 1.54) is 70.6 Å². The van der Waals surface area contributed by atoms with Crippen molar-refractivity contribution in [3.8, 4) is 0 Å². The molecule has 18 heavy (non-hydrogen) atoms. The van der Waals surface area contributed by atoms with Crippen LogP contribution in [0.3, 0.4) is 0 Å². The fourth-order valence-corrected chi connectivity index (χ4v) is 4.91. The van der Waals surface area contributed by atoms with Crippen LogP contribution in [0.1, 0.15) is 77.6 Å². The maximum absolute atomic E-state index is 6.91. The summed E-state index contributed by atoms with van der Waals surface area (Å²) in [5, 5.41) is 0. The monoisotopic (exact) mass is 249 g/mol. The number of rotatable bonds is 3. The van der Waals surface area contributed by atoms with E-state index in [9.17, 15) is 0 Å². The molecule has 0 spiro atoms. The lowest BCUT2D eigenvalue weighted by molar-refractivity contribution is 0.0936. The van der Waals surface area contributed by atoms with E-state index >= 15 is 0 Å². The van der Waals surface area contributed by atoms with E-state index < -0.39 is 0 Å². The molecule has 3 aliphatic rings. The summed E-state index contributed by atoms with van der Waals surface area (Å²) in [4.78, 5) is 0. The van der Waals surface area contributed by atoms with Gasteiger partial charge in [-0.1, -0.05) is 39.0 Å². The Morgan fingerprint density at radius 1 is 1.00 bits per heavy atom. The minimum atomic E-state index is 0.222. The maximum Gasteiger partial charge on any atom is 0.0185 e. The van der Waals surface area contributed by atoms with Gasteiger partial charge in [-0.3, -0.25) is 0 Å². The van der Waals surface area contributed by atoms with Crippen LogP contribution in [0, 0.1) is 23.7 Å². The highest BCUT2D eigenvalue weighted by atomic mass is 14.8. The SMILES string of the molecule is CCC1CCCC(C2(N)CCCC(C3CC3)C2)C1. The minimum absolute atomic E-state index is 0.222. The van der Waals surface area contributed by atoms with Gasteiger partial charge in [0.05, 0.1) is 0 Å². The molecule has 1 nitrogen and oxygen atoms in total.